The van der Waals surface area contributed by atoms with E-state index in [4.69, 9.17) is 9.84 Å². The summed E-state index contributed by atoms with van der Waals surface area (Å²) in [6.45, 7) is 6.96. The molecule has 1 N–H and O–H groups in total. The third kappa shape index (κ3) is 0.775. The Bertz CT molecular complexity index is 116. The van der Waals surface area contributed by atoms with Crippen molar-refractivity contribution in [3.05, 3.63) is 0 Å². The molecule has 1 rings (SSSR count). The fraction of sp³-hybridized carbons (Fsp3) is 1.00. The van der Waals surface area contributed by atoms with Crippen LogP contribution in [0.1, 0.15) is 20.8 Å². The molecule has 2 nitrogen and oxygen atoms in total. The molecular formula is C7H14O2. The summed E-state index contributed by atoms with van der Waals surface area (Å²) in [4.78, 5) is 0. The largest absolute Gasteiger partial charge is 0.396 e. The highest BCUT2D eigenvalue weighted by Crippen LogP contribution is 2.43. The van der Waals surface area contributed by atoms with E-state index >= 15 is 0 Å². The molecule has 0 saturated carbocycles. The van der Waals surface area contributed by atoms with Gasteiger partial charge < -0.3 is 9.84 Å². The summed E-state index contributed by atoms with van der Waals surface area (Å²) in [6.07, 6.45) is 0. The lowest BCUT2D eigenvalue weighted by Crippen LogP contribution is -2.59. The molecule has 1 aliphatic rings. The average molecular weight is 130 g/mol. The summed E-state index contributed by atoms with van der Waals surface area (Å²) in [5, 5.41) is 8.90. The van der Waals surface area contributed by atoms with E-state index in [1.54, 1.807) is 0 Å². The van der Waals surface area contributed by atoms with Crippen LogP contribution < -0.4 is 0 Å². The van der Waals surface area contributed by atoms with E-state index < -0.39 is 0 Å². The highest BCUT2D eigenvalue weighted by atomic mass is 16.5. The van der Waals surface area contributed by atoms with E-state index in [1.807, 2.05) is 20.8 Å². The number of aliphatic hydroxyl groups excluding tert-OH is 1. The first-order valence-corrected chi connectivity index (χ1v) is 3.27. The smallest absolute Gasteiger partial charge is 0.0724 e. The van der Waals surface area contributed by atoms with Gasteiger partial charge in [0.05, 0.1) is 18.8 Å². The number of hydrogen-bond acceptors (Lipinski definition) is 2. The molecule has 2 heteroatoms. The molecule has 0 bridgehead atoms. The molecule has 1 aliphatic heterocycles. The lowest BCUT2D eigenvalue weighted by Gasteiger charge is -2.52. The maximum absolute atomic E-state index is 8.90. The van der Waals surface area contributed by atoms with Crippen molar-refractivity contribution in [2.45, 2.75) is 26.4 Å². The number of rotatable bonds is 1. The summed E-state index contributed by atoms with van der Waals surface area (Å²) in [6, 6.07) is 0. The van der Waals surface area contributed by atoms with Crippen LogP contribution in [-0.2, 0) is 4.74 Å². The fourth-order valence-electron chi connectivity index (χ4n) is 0.843. The van der Waals surface area contributed by atoms with Crippen molar-refractivity contribution in [2.75, 3.05) is 13.2 Å². The maximum Gasteiger partial charge on any atom is 0.0724 e. The van der Waals surface area contributed by atoms with Crippen LogP contribution in [-0.4, -0.2) is 23.9 Å². The molecule has 1 heterocycles. The van der Waals surface area contributed by atoms with Crippen LogP contribution >= 0.6 is 0 Å². The second-order valence-corrected chi connectivity index (χ2v) is 3.52. The minimum absolute atomic E-state index is 0.00694. The van der Waals surface area contributed by atoms with Gasteiger partial charge in [-0.15, -0.1) is 0 Å². The minimum atomic E-state index is -0.123. The zero-order valence-corrected chi connectivity index (χ0v) is 6.27. The molecule has 1 unspecified atom stereocenters. The Labute approximate surface area is 55.8 Å². The molecule has 0 aromatic carbocycles. The summed E-state index contributed by atoms with van der Waals surface area (Å²) in [5.41, 5.74) is -0.130. The Kier molecular flexibility index (Phi) is 1.33. The lowest BCUT2D eigenvalue weighted by atomic mass is 9.72. The number of ether oxygens (including phenoxy) is 1. The van der Waals surface area contributed by atoms with Crippen molar-refractivity contribution in [1.82, 2.24) is 0 Å². The molecule has 1 saturated heterocycles. The van der Waals surface area contributed by atoms with Gasteiger partial charge in [0, 0.05) is 5.41 Å². The van der Waals surface area contributed by atoms with Crippen LogP contribution in [0, 0.1) is 5.41 Å². The van der Waals surface area contributed by atoms with Gasteiger partial charge in [-0.05, 0) is 13.8 Å². The summed E-state index contributed by atoms with van der Waals surface area (Å²) >= 11 is 0. The van der Waals surface area contributed by atoms with Crippen LogP contribution in [0.5, 0.6) is 0 Å². The first-order chi connectivity index (χ1) is 4.02. The summed E-state index contributed by atoms with van der Waals surface area (Å²) in [7, 11) is 0. The average Bonchev–Trinajstić information content (AvgIpc) is 1.84. The molecule has 0 radical (unpaired) electrons. The standard InChI is InChI=1S/C7H14O2/c1-6(2)7(3,4-8)5-9-6/h8H,4-5H2,1-3H3. The number of hydrogen-bond donors (Lipinski definition) is 1. The van der Waals surface area contributed by atoms with Crippen molar-refractivity contribution in [3.63, 3.8) is 0 Å². The third-order valence-corrected chi connectivity index (χ3v) is 2.55. The van der Waals surface area contributed by atoms with Gasteiger partial charge in [0.15, 0.2) is 0 Å². The monoisotopic (exact) mass is 130 g/mol. The second kappa shape index (κ2) is 1.70. The van der Waals surface area contributed by atoms with Crippen molar-refractivity contribution in [2.24, 2.45) is 5.41 Å². The predicted molar refractivity (Wildman–Crippen MR) is 35.2 cm³/mol. The Morgan fingerprint density at radius 1 is 1.44 bits per heavy atom. The van der Waals surface area contributed by atoms with Gasteiger partial charge >= 0.3 is 0 Å². The van der Waals surface area contributed by atoms with Crippen LogP contribution in [0.4, 0.5) is 0 Å². The van der Waals surface area contributed by atoms with E-state index in [-0.39, 0.29) is 17.6 Å². The van der Waals surface area contributed by atoms with E-state index in [0.717, 1.165) is 0 Å². The van der Waals surface area contributed by atoms with Crippen LogP contribution in [0.3, 0.4) is 0 Å². The van der Waals surface area contributed by atoms with Crippen LogP contribution in [0.2, 0.25) is 0 Å². The van der Waals surface area contributed by atoms with Gasteiger partial charge in [-0.25, -0.2) is 0 Å². The molecule has 1 atom stereocenters. The van der Waals surface area contributed by atoms with E-state index in [0.29, 0.717) is 6.61 Å². The highest BCUT2D eigenvalue weighted by molar-refractivity contribution is 4.98. The maximum atomic E-state index is 8.90. The molecule has 0 aliphatic carbocycles. The van der Waals surface area contributed by atoms with Gasteiger partial charge in [-0.2, -0.15) is 0 Å². The molecule has 54 valence electrons. The summed E-state index contributed by atoms with van der Waals surface area (Å²) in [5.74, 6) is 0. The first-order valence-electron chi connectivity index (χ1n) is 3.27. The third-order valence-electron chi connectivity index (χ3n) is 2.55. The Morgan fingerprint density at radius 3 is 2.00 bits per heavy atom. The Balaban J connectivity index is 2.62. The quantitative estimate of drug-likeness (QED) is 0.568. The lowest BCUT2D eigenvalue weighted by molar-refractivity contribution is -0.252. The number of aliphatic hydroxyl groups is 1. The SMILES string of the molecule is CC1(CO)COC1(C)C. The van der Waals surface area contributed by atoms with E-state index in [1.165, 1.54) is 0 Å². The van der Waals surface area contributed by atoms with E-state index in [9.17, 15) is 0 Å². The fourth-order valence-corrected chi connectivity index (χ4v) is 0.843. The van der Waals surface area contributed by atoms with Gasteiger partial charge in [-0.3, -0.25) is 0 Å². The molecule has 0 spiro atoms. The normalized spacial score (nSPS) is 40.0. The predicted octanol–water partition coefficient (Wildman–Crippen LogP) is 0.794. The van der Waals surface area contributed by atoms with Crippen molar-refractivity contribution in [1.29, 1.82) is 0 Å². The molecular weight excluding hydrogens is 116 g/mol. The topological polar surface area (TPSA) is 29.5 Å². The molecule has 0 aromatic heterocycles. The van der Waals surface area contributed by atoms with Crippen molar-refractivity contribution >= 4 is 0 Å². The Hall–Kier alpha value is -0.0800. The zero-order chi connectivity index (χ0) is 7.12. The van der Waals surface area contributed by atoms with Crippen molar-refractivity contribution in [3.8, 4) is 0 Å². The second-order valence-electron chi connectivity index (χ2n) is 3.52. The summed E-state index contributed by atoms with van der Waals surface area (Å²) < 4.78 is 5.26. The Morgan fingerprint density at radius 2 is 2.00 bits per heavy atom. The molecule has 1 fully saturated rings. The zero-order valence-electron chi connectivity index (χ0n) is 6.27. The van der Waals surface area contributed by atoms with Gasteiger partial charge in [-0.1, -0.05) is 6.92 Å². The van der Waals surface area contributed by atoms with Gasteiger partial charge in [0.1, 0.15) is 0 Å². The molecule has 9 heavy (non-hydrogen) atoms. The van der Waals surface area contributed by atoms with Gasteiger partial charge in [0.2, 0.25) is 0 Å². The van der Waals surface area contributed by atoms with Crippen molar-refractivity contribution < 1.29 is 9.84 Å². The minimum Gasteiger partial charge on any atom is -0.396 e. The van der Waals surface area contributed by atoms with Gasteiger partial charge in [0.25, 0.3) is 0 Å². The van der Waals surface area contributed by atoms with Crippen LogP contribution in [0.15, 0.2) is 0 Å². The molecule has 0 amide bonds. The van der Waals surface area contributed by atoms with E-state index in [2.05, 4.69) is 0 Å². The molecule has 0 aromatic rings. The first kappa shape index (κ1) is 7.03. The van der Waals surface area contributed by atoms with Crippen LogP contribution in [0.25, 0.3) is 0 Å². The highest BCUT2D eigenvalue weighted by Gasteiger charge is 2.50.